The minimum absolute atomic E-state index is 0.0283. The van der Waals surface area contributed by atoms with Crippen molar-refractivity contribution in [3.63, 3.8) is 0 Å². The van der Waals surface area contributed by atoms with Crippen molar-refractivity contribution in [2.75, 3.05) is 38.0 Å². The van der Waals surface area contributed by atoms with Crippen LogP contribution in [0.3, 0.4) is 0 Å². The third-order valence-corrected chi connectivity index (χ3v) is 7.41. The van der Waals surface area contributed by atoms with Gasteiger partial charge in [-0.1, -0.05) is 51.8 Å². The summed E-state index contributed by atoms with van der Waals surface area (Å²) >= 11 is 0. The number of amides is 2. The second kappa shape index (κ2) is 11.1. The third kappa shape index (κ3) is 6.30. The molecule has 0 unspecified atom stereocenters. The van der Waals surface area contributed by atoms with Gasteiger partial charge >= 0.3 is 0 Å². The zero-order valence-electron chi connectivity index (χ0n) is 19.7. The molecule has 31 heavy (non-hydrogen) atoms. The van der Waals surface area contributed by atoms with Gasteiger partial charge in [0.05, 0.1) is 12.6 Å². The van der Waals surface area contributed by atoms with Gasteiger partial charge in [0, 0.05) is 37.9 Å². The molecule has 2 aliphatic rings. The highest BCUT2D eigenvalue weighted by Crippen LogP contribution is 2.29. The summed E-state index contributed by atoms with van der Waals surface area (Å²) in [6.07, 6.45) is 4.46. The largest absolute Gasteiger partial charge is 0.352 e. The first-order chi connectivity index (χ1) is 14.9. The van der Waals surface area contributed by atoms with Gasteiger partial charge in [0.15, 0.2) is 0 Å². The zero-order valence-corrected chi connectivity index (χ0v) is 19.7. The van der Waals surface area contributed by atoms with Crippen LogP contribution in [0.4, 0.5) is 5.69 Å². The highest BCUT2D eigenvalue weighted by molar-refractivity contribution is 5.93. The molecule has 4 atom stereocenters. The van der Waals surface area contributed by atoms with E-state index < -0.39 is 0 Å². The molecule has 2 fully saturated rings. The van der Waals surface area contributed by atoms with Crippen molar-refractivity contribution < 1.29 is 9.59 Å². The zero-order chi connectivity index (χ0) is 22.4. The van der Waals surface area contributed by atoms with Crippen LogP contribution in [0.2, 0.25) is 0 Å². The first kappa shape index (κ1) is 23.7. The van der Waals surface area contributed by atoms with Crippen molar-refractivity contribution in [1.29, 1.82) is 0 Å². The van der Waals surface area contributed by atoms with E-state index >= 15 is 0 Å². The quantitative estimate of drug-likeness (QED) is 0.700. The Balaban J connectivity index is 1.43. The van der Waals surface area contributed by atoms with Crippen LogP contribution in [-0.2, 0) is 16.0 Å². The Morgan fingerprint density at radius 1 is 1.10 bits per heavy atom. The highest BCUT2D eigenvalue weighted by Gasteiger charge is 2.31. The summed E-state index contributed by atoms with van der Waals surface area (Å²) in [5.74, 6) is 1.39. The molecule has 1 aromatic carbocycles. The van der Waals surface area contributed by atoms with Crippen LogP contribution in [0.25, 0.3) is 0 Å². The Morgan fingerprint density at radius 3 is 2.52 bits per heavy atom. The molecule has 172 valence electrons. The third-order valence-electron chi connectivity index (χ3n) is 7.41. The maximum atomic E-state index is 12.9. The first-order valence-electron chi connectivity index (χ1n) is 12.0. The van der Waals surface area contributed by atoms with Gasteiger partial charge in [-0.15, -0.1) is 0 Å². The topological polar surface area (TPSA) is 64.7 Å². The molecule has 6 nitrogen and oxygen atoms in total. The molecule has 1 aromatic rings. The van der Waals surface area contributed by atoms with Crippen LogP contribution in [0.1, 0.15) is 52.5 Å². The minimum atomic E-state index is -0.128. The Labute approximate surface area is 187 Å². The lowest BCUT2D eigenvalue weighted by molar-refractivity contribution is -0.128. The Morgan fingerprint density at radius 2 is 1.81 bits per heavy atom. The van der Waals surface area contributed by atoms with Crippen LogP contribution in [0.5, 0.6) is 0 Å². The first-order valence-corrected chi connectivity index (χ1v) is 12.0. The molecule has 6 heteroatoms. The van der Waals surface area contributed by atoms with E-state index in [1.165, 1.54) is 12.8 Å². The number of hydrogen-bond donors (Lipinski definition) is 2. The molecule has 2 amide bonds. The summed E-state index contributed by atoms with van der Waals surface area (Å²) in [4.78, 5) is 29.8. The predicted molar refractivity (Wildman–Crippen MR) is 126 cm³/mol. The number of nitrogens with one attached hydrogen (secondary N) is 2. The van der Waals surface area contributed by atoms with Gasteiger partial charge in [-0.2, -0.15) is 0 Å². The van der Waals surface area contributed by atoms with Crippen LogP contribution >= 0.6 is 0 Å². The van der Waals surface area contributed by atoms with E-state index in [-0.39, 0.29) is 17.9 Å². The predicted octanol–water partition coefficient (Wildman–Crippen LogP) is 3.13. The van der Waals surface area contributed by atoms with Crippen molar-refractivity contribution in [1.82, 2.24) is 15.1 Å². The molecule has 0 bridgehead atoms. The van der Waals surface area contributed by atoms with E-state index in [1.54, 1.807) is 0 Å². The average Bonchev–Trinajstić information content (AvgIpc) is 2.77. The molecule has 0 spiro atoms. The summed E-state index contributed by atoms with van der Waals surface area (Å²) in [6, 6.07) is 8.14. The number of anilines is 1. The second-order valence-corrected chi connectivity index (χ2v) is 9.43. The summed E-state index contributed by atoms with van der Waals surface area (Å²) in [7, 11) is 0. The Bertz CT molecular complexity index is 745. The number of carbonyl (C=O) groups excluding carboxylic acids is 2. The summed E-state index contributed by atoms with van der Waals surface area (Å²) in [5, 5.41) is 6.38. The van der Waals surface area contributed by atoms with Crippen LogP contribution in [0, 0.1) is 11.8 Å². The minimum Gasteiger partial charge on any atom is -0.352 e. The Kier molecular flexibility index (Phi) is 8.50. The monoisotopic (exact) mass is 428 g/mol. The van der Waals surface area contributed by atoms with Crippen molar-refractivity contribution in [2.45, 2.75) is 65.5 Å². The highest BCUT2D eigenvalue weighted by atomic mass is 16.2. The molecule has 2 N–H and O–H groups in total. The molecular weight excluding hydrogens is 388 g/mol. The lowest BCUT2D eigenvalue weighted by atomic mass is 9.78. The lowest BCUT2D eigenvalue weighted by Gasteiger charge is -2.39. The van der Waals surface area contributed by atoms with Crippen LogP contribution in [-0.4, -0.2) is 66.4 Å². The fourth-order valence-electron chi connectivity index (χ4n) is 4.91. The van der Waals surface area contributed by atoms with Gasteiger partial charge in [0.1, 0.15) is 0 Å². The number of hydrogen-bond acceptors (Lipinski definition) is 4. The maximum absolute atomic E-state index is 12.9. The van der Waals surface area contributed by atoms with E-state index in [0.29, 0.717) is 24.4 Å². The van der Waals surface area contributed by atoms with Crippen molar-refractivity contribution >= 4 is 17.5 Å². The van der Waals surface area contributed by atoms with Gasteiger partial charge in [-0.25, -0.2) is 0 Å². The van der Waals surface area contributed by atoms with Crippen LogP contribution < -0.4 is 10.6 Å². The molecular formula is C25H40N4O2. The number of para-hydroxylation sites is 1. The molecule has 1 aliphatic heterocycles. The number of rotatable bonds is 7. The molecule has 1 aliphatic carbocycles. The lowest BCUT2D eigenvalue weighted by Crippen LogP contribution is -2.56. The van der Waals surface area contributed by atoms with E-state index in [1.807, 2.05) is 25.1 Å². The van der Waals surface area contributed by atoms with E-state index in [9.17, 15) is 9.59 Å². The van der Waals surface area contributed by atoms with E-state index in [4.69, 9.17) is 0 Å². The molecule has 1 heterocycles. The maximum Gasteiger partial charge on any atom is 0.238 e. The fraction of sp³-hybridized carbons (Fsp3) is 0.680. The summed E-state index contributed by atoms with van der Waals surface area (Å²) in [5.41, 5.74) is 2.06. The molecule has 1 saturated heterocycles. The second-order valence-electron chi connectivity index (χ2n) is 9.43. The van der Waals surface area contributed by atoms with E-state index in [2.05, 4.69) is 47.3 Å². The van der Waals surface area contributed by atoms with Crippen molar-refractivity contribution in [3.05, 3.63) is 29.8 Å². The number of piperazine rings is 1. The number of carbonyl (C=O) groups is 2. The summed E-state index contributed by atoms with van der Waals surface area (Å²) < 4.78 is 0. The molecule has 3 rings (SSSR count). The van der Waals surface area contributed by atoms with E-state index in [0.717, 1.165) is 50.3 Å². The van der Waals surface area contributed by atoms with Crippen molar-refractivity contribution in [3.8, 4) is 0 Å². The van der Waals surface area contributed by atoms with Gasteiger partial charge in [-0.05, 0) is 43.2 Å². The van der Waals surface area contributed by atoms with Gasteiger partial charge in [0.2, 0.25) is 11.8 Å². The number of benzene rings is 1. The molecule has 1 saturated carbocycles. The van der Waals surface area contributed by atoms with Crippen LogP contribution in [0.15, 0.2) is 24.3 Å². The number of nitrogens with zero attached hydrogens (tertiary/aromatic N) is 2. The van der Waals surface area contributed by atoms with Crippen molar-refractivity contribution in [2.24, 2.45) is 11.8 Å². The number of aryl methyl sites for hydroxylation is 1. The van der Waals surface area contributed by atoms with Gasteiger partial charge in [-0.3, -0.25) is 19.4 Å². The fourth-order valence-corrected chi connectivity index (χ4v) is 4.91. The molecule has 0 aromatic heterocycles. The van der Waals surface area contributed by atoms with Gasteiger partial charge in [0.25, 0.3) is 0 Å². The summed E-state index contributed by atoms with van der Waals surface area (Å²) in [6.45, 7) is 12.3. The smallest absolute Gasteiger partial charge is 0.238 e. The van der Waals surface area contributed by atoms with Gasteiger partial charge < -0.3 is 10.6 Å². The molecule has 0 radical (unpaired) electrons. The standard InChI is InChI=1S/C25H40N4O2/c1-5-21-10-6-7-11-23(21)26-24(30)17-28-13-15-29(16-14-28)20(4)25(31)27-22-12-8-9-18(2)19(22)3/h6-7,10-11,18-20,22H,5,8-9,12-17H2,1-4H3,(H,26,30)(H,27,31)/t18-,19-,20-,22-/m0/s1. The normalized spacial score (nSPS) is 26.3. The average molecular weight is 429 g/mol. The Hall–Kier alpha value is -1.92. The SMILES string of the molecule is CCc1ccccc1NC(=O)CN1CCN([C@@H](C)C(=O)N[C@H]2CCC[C@H](C)[C@@H]2C)CC1.